The fourth-order valence-electron chi connectivity index (χ4n) is 2.49. The van der Waals surface area contributed by atoms with Gasteiger partial charge in [0.25, 0.3) is 0 Å². The molecule has 0 saturated carbocycles. The third-order valence-electron chi connectivity index (χ3n) is 3.93. The number of hydrogen-bond acceptors (Lipinski definition) is 5. The predicted molar refractivity (Wildman–Crippen MR) is 93.2 cm³/mol. The molecular weight excluding hydrogens is 376 g/mol. The number of hydrogen-bond donors (Lipinski definition) is 0. The second-order valence-corrected chi connectivity index (χ2v) is 9.69. The van der Waals surface area contributed by atoms with Gasteiger partial charge < -0.3 is 0 Å². The quantitative estimate of drug-likeness (QED) is 0.299. The van der Waals surface area contributed by atoms with Gasteiger partial charge in [-0.25, -0.2) is 0 Å². The average Bonchev–Trinajstić information content (AvgIpc) is 2.60. The molecule has 0 aliphatic carbocycles. The summed E-state index contributed by atoms with van der Waals surface area (Å²) >= 11 is -3.70. The van der Waals surface area contributed by atoms with E-state index in [2.05, 4.69) is 9.69 Å². The van der Waals surface area contributed by atoms with Gasteiger partial charge in [-0.2, -0.15) is 0 Å². The molecule has 7 heteroatoms. The standard InChI is InChI=1S/C12H25O.C6H6O3S.O.Ti/c1-2-3-4-5-6-7-8-9-10-11-12-13;7-10(8,9)6-4-2-1-3-5-6;;/h2-12H2,1H3;1-5H,(H,7,8,9);;/q-1;;;+2/p-1. The van der Waals surface area contributed by atoms with Crippen LogP contribution in [0.2, 0.25) is 0 Å². The van der Waals surface area contributed by atoms with E-state index in [1.807, 2.05) is 0 Å². The van der Waals surface area contributed by atoms with Gasteiger partial charge in [0.15, 0.2) is 0 Å². The Morgan fingerprint density at radius 1 is 0.840 bits per heavy atom. The molecule has 25 heavy (non-hydrogen) atoms. The third kappa shape index (κ3) is 11.0. The van der Waals surface area contributed by atoms with Crippen molar-refractivity contribution >= 4 is 10.1 Å². The van der Waals surface area contributed by atoms with Crippen molar-refractivity contribution in [2.75, 3.05) is 6.61 Å². The van der Waals surface area contributed by atoms with Crippen LogP contribution in [0.1, 0.15) is 71.1 Å². The molecule has 1 aromatic rings. The first kappa shape index (κ1) is 22.6. The molecule has 142 valence electrons. The van der Waals surface area contributed by atoms with Gasteiger partial charge in [0.05, 0.1) is 0 Å². The van der Waals surface area contributed by atoms with E-state index in [1.165, 1.54) is 57.1 Å². The van der Waals surface area contributed by atoms with Crippen molar-refractivity contribution < 1.29 is 36.4 Å². The predicted octanol–water partition coefficient (Wildman–Crippen LogP) is 5.12. The second-order valence-electron chi connectivity index (χ2n) is 6.13. The summed E-state index contributed by atoms with van der Waals surface area (Å²) in [5.41, 5.74) is 0. The second kappa shape index (κ2) is 13.8. The number of unbranched alkanes of at least 4 members (excludes halogenated alkanes) is 9. The Morgan fingerprint density at radius 3 is 1.92 bits per heavy atom. The molecule has 0 radical (unpaired) electrons. The summed E-state index contributed by atoms with van der Waals surface area (Å²) in [7, 11) is -3.99. The molecular formula is C18H30O5STi. The van der Waals surface area contributed by atoms with Crippen LogP contribution in [0.25, 0.3) is 0 Å². The van der Waals surface area contributed by atoms with E-state index in [1.54, 1.807) is 18.2 Å². The van der Waals surface area contributed by atoms with Gasteiger partial charge in [0, 0.05) is 0 Å². The van der Waals surface area contributed by atoms with Crippen LogP contribution in [0.4, 0.5) is 0 Å². The molecule has 5 nitrogen and oxygen atoms in total. The van der Waals surface area contributed by atoms with Crippen LogP contribution < -0.4 is 0 Å². The molecule has 0 fully saturated rings. The molecule has 0 aromatic heterocycles. The first-order chi connectivity index (χ1) is 12.1. The Bertz CT molecular complexity index is 574. The fraction of sp³-hybridized carbons (Fsp3) is 0.667. The molecule has 0 aliphatic rings. The van der Waals surface area contributed by atoms with Crippen molar-refractivity contribution in [2.24, 2.45) is 0 Å². The van der Waals surface area contributed by atoms with Crippen LogP contribution in [0.5, 0.6) is 0 Å². The molecule has 0 atom stereocenters. The molecule has 0 bridgehead atoms. The van der Waals surface area contributed by atoms with Crippen molar-refractivity contribution in [1.82, 2.24) is 0 Å². The summed E-state index contributed by atoms with van der Waals surface area (Å²) in [6, 6.07) is 7.69. The van der Waals surface area contributed by atoms with Gasteiger partial charge in [-0.1, -0.05) is 6.92 Å². The first-order valence-electron chi connectivity index (χ1n) is 9.22. The van der Waals surface area contributed by atoms with E-state index in [0.29, 0.717) is 6.61 Å². The van der Waals surface area contributed by atoms with E-state index >= 15 is 0 Å². The van der Waals surface area contributed by atoms with E-state index in [-0.39, 0.29) is 4.90 Å². The Balaban J connectivity index is 2.04. The third-order valence-corrected chi connectivity index (χ3v) is 7.48. The van der Waals surface area contributed by atoms with E-state index in [9.17, 15) is 11.7 Å². The van der Waals surface area contributed by atoms with Crippen molar-refractivity contribution in [1.29, 1.82) is 0 Å². The van der Waals surface area contributed by atoms with Crippen LogP contribution in [0.15, 0.2) is 35.2 Å². The monoisotopic (exact) mass is 406 g/mol. The van der Waals surface area contributed by atoms with E-state index in [4.69, 9.17) is 3.32 Å². The zero-order chi connectivity index (χ0) is 18.4. The minimum absolute atomic E-state index is 0.00149. The van der Waals surface area contributed by atoms with E-state index < -0.39 is 28.7 Å². The average molecular weight is 406 g/mol. The Labute approximate surface area is 159 Å². The number of rotatable bonds is 15. The van der Waals surface area contributed by atoms with Crippen LogP contribution in [-0.2, 0) is 38.1 Å². The molecule has 0 spiro atoms. The van der Waals surface area contributed by atoms with E-state index in [0.717, 1.165) is 19.3 Å². The summed E-state index contributed by atoms with van der Waals surface area (Å²) in [6.45, 7) is 2.51. The molecule has 0 N–H and O–H groups in total. The van der Waals surface area contributed by atoms with Crippen molar-refractivity contribution in [3.05, 3.63) is 30.3 Å². The summed E-state index contributed by atoms with van der Waals surface area (Å²) in [6.07, 6.45) is 12.0. The van der Waals surface area contributed by atoms with Crippen LogP contribution >= 0.6 is 0 Å². The number of benzene rings is 1. The summed E-state index contributed by atoms with van der Waals surface area (Å²) in [4.78, 5) is -0.00149. The van der Waals surface area contributed by atoms with Crippen molar-refractivity contribution in [3.63, 3.8) is 0 Å². The normalized spacial score (nSPS) is 11.6. The van der Waals surface area contributed by atoms with Gasteiger partial charge in [-0.05, 0) is 0 Å². The topological polar surface area (TPSA) is 69.7 Å². The summed E-state index contributed by atoms with van der Waals surface area (Å²) < 4.78 is 45.2. The maximum absolute atomic E-state index is 11.9. The van der Waals surface area contributed by atoms with Crippen LogP contribution in [0.3, 0.4) is 0 Å². The summed E-state index contributed by atoms with van der Waals surface area (Å²) in [5.74, 6) is 0. The molecule has 0 saturated heterocycles. The molecule has 1 aromatic carbocycles. The summed E-state index contributed by atoms with van der Waals surface area (Å²) in [5, 5.41) is 0. The van der Waals surface area contributed by atoms with Gasteiger partial charge in [-0.15, -0.1) is 0 Å². The minimum atomic E-state index is -3.99. The van der Waals surface area contributed by atoms with Gasteiger partial charge in [0.2, 0.25) is 0 Å². The van der Waals surface area contributed by atoms with Gasteiger partial charge in [-0.3, -0.25) is 0 Å². The van der Waals surface area contributed by atoms with Crippen LogP contribution in [-0.4, -0.2) is 15.0 Å². The van der Waals surface area contributed by atoms with Crippen LogP contribution in [0, 0.1) is 0 Å². The molecule has 0 amide bonds. The Morgan fingerprint density at radius 2 is 1.36 bits per heavy atom. The molecule has 1 rings (SSSR count). The van der Waals surface area contributed by atoms with Gasteiger partial charge >= 0.3 is 153 Å². The zero-order valence-electron chi connectivity index (χ0n) is 15.1. The van der Waals surface area contributed by atoms with Crippen molar-refractivity contribution in [2.45, 2.75) is 76.0 Å². The SMILES string of the molecule is CCCCCCCCCCCC[O][Ti](=[O])[O]S(=O)(=O)c1ccccc1. The van der Waals surface area contributed by atoms with Gasteiger partial charge in [0.1, 0.15) is 0 Å². The first-order valence-corrected chi connectivity index (χ1v) is 12.5. The fourth-order valence-corrected chi connectivity index (χ4v) is 5.31. The molecule has 0 aliphatic heterocycles. The van der Waals surface area contributed by atoms with Crippen molar-refractivity contribution in [3.8, 4) is 0 Å². The maximum atomic E-state index is 11.9. The Hall–Kier alpha value is -0.396. The molecule has 0 unspecified atom stereocenters. The zero-order valence-corrected chi connectivity index (χ0v) is 17.5. The Kier molecular flexibility index (Phi) is 12.5. The molecule has 0 heterocycles.